The second-order valence-electron chi connectivity index (χ2n) is 15.1. The molecular weight excluding hydrogens is 888 g/mol. The van der Waals surface area contributed by atoms with Crippen molar-refractivity contribution in [2.75, 3.05) is 0 Å². The zero-order chi connectivity index (χ0) is 38.5. The van der Waals surface area contributed by atoms with Crippen molar-refractivity contribution in [3.63, 3.8) is 0 Å². The van der Waals surface area contributed by atoms with Crippen molar-refractivity contribution in [2.45, 2.75) is 32.2 Å². The summed E-state index contributed by atoms with van der Waals surface area (Å²) in [5.41, 5.74) is 12.5. The first-order valence-corrected chi connectivity index (χ1v) is 19.7. The fourth-order valence-electron chi connectivity index (χ4n) is 8.82. The first kappa shape index (κ1) is 37.2. The third-order valence-corrected chi connectivity index (χ3v) is 11.5. The van der Waals surface area contributed by atoms with E-state index >= 15 is 0 Å². The number of hydrogen-bond donors (Lipinski definition) is 0. The third kappa shape index (κ3) is 6.03. The van der Waals surface area contributed by atoms with E-state index < -0.39 is 5.41 Å². The van der Waals surface area contributed by atoms with Crippen LogP contribution in [0.5, 0.6) is 0 Å². The smallest absolute Gasteiger partial charge is 0.188 e. The number of aromatic nitrogens is 4. The average molecular weight is 929 g/mol. The Kier molecular flexibility index (Phi) is 9.75. The number of hydrogen-bond acceptors (Lipinski definition) is 1. The number of benzene rings is 7. The molecule has 0 saturated carbocycles. The summed E-state index contributed by atoms with van der Waals surface area (Å²) in [4.78, 5) is 5.02. The Bertz CT molecular complexity index is 3030. The number of aryl methyl sites for hydroxylation is 1. The quantitative estimate of drug-likeness (QED) is 0.110. The van der Waals surface area contributed by atoms with Gasteiger partial charge in [-0.15, -0.1) is 22.6 Å². The maximum absolute atomic E-state index is 5.02. The number of nitrogens with zero attached hydrogens (tertiary/aromatic N) is 4. The van der Waals surface area contributed by atoms with Gasteiger partial charge in [0.2, 0.25) is 0 Å². The molecule has 58 heavy (non-hydrogen) atoms. The van der Waals surface area contributed by atoms with Crippen LogP contribution in [0.4, 0.5) is 0 Å². The van der Waals surface area contributed by atoms with Crippen molar-refractivity contribution in [1.82, 2.24) is 18.7 Å². The van der Waals surface area contributed by atoms with Crippen LogP contribution in [0.15, 0.2) is 188 Å². The summed E-state index contributed by atoms with van der Waals surface area (Å²) < 4.78 is 6.89. The van der Waals surface area contributed by atoms with E-state index in [0.717, 1.165) is 66.6 Å². The fraction of sp³-hybridized carbons (Fsp3) is 0.0943. The van der Waals surface area contributed by atoms with E-state index in [2.05, 4.69) is 229 Å². The van der Waals surface area contributed by atoms with E-state index in [1.54, 1.807) is 0 Å². The molecule has 0 radical (unpaired) electrons. The van der Waals surface area contributed by atoms with E-state index in [4.69, 9.17) is 4.98 Å². The summed E-state index contributed by atoms with van der Waals surface area (Å²) in [6.07, 6.45) is 4.14. The number of pyridine rings is 1. The van der Waals surface area contributed by atoms with Crippen LogP contribution in [-0.4, -0.2) is 18.7 Å². The molecule has 0 unspecified atom stereocenters. The minimum Gasteiger partial charge on any atom is -0.319 e. The Balaban J connectivity index is 0.00000436. The summed E-state index contributed by atoms with van der Waals surface area (Å²) in [6, 6.07) is 71.3. The third-order valence-electron chi connectivity index (χ3n) is 11.5. The molecule has 0 spiro atoms. The van der Waals surface area contributed by atoms with Gasteiger partial charge in [0, 0.05) is 56.0 Å². The molecule has 3 heterocycles. The molecule has 5 heteroatoms. The van der Waals surface area contributed by atoms with Gasteiger partial charge >= 0.3 is 0 Å². The van der Waals surface area contributed by atoms with Crippen LogP contribution >= 0.6 is 0 Å². The predicted octanol–water partition coefficient (Wildman–Crippen LogP) is 12.7. The Morgan fingerprint density at radius 1 is 0.586 bits per heavy atom. The number of para-hydroxylation sites is 3. The SMILES string of the molecule is Cc1ccccc1-c1ccnc(-n2c3[c-]c(C(c4[c-]c(-n5[cH+]n(C(C)C)c6ccccc65)ccc4)(c4ccccc4)c4ccccc4)ccc3c3ccccc32)c1.[Pt]. The molecule has 7 aromatic carbocycles. The minimum atomic E-state index is -0.776. The number of fused-ring (bicyclic) bond motifs is 4. The van der Waals surface area contributed by atoms with Crippen molar-refractivity contribution in [3.05, 3.63) is 228 Å². The normalized spacial score (nSPS) is 11.7. The van der Waals surface area contributed by atoms with E-state index in [1.165, 1.54) is 16.6 Å². The monoisotopic (exact) mass is 928 g/mol. The van der Waals surface area contributed by atoms with Crippen LogP contribution in [0.2, 0.25) is 0 Å². The molecule has 10 rings (SSSR count). The molecule has 0 saturated heterocycles. The molecule has 0 fully saturated rings. The van der Waals surface area contributed by atoms with Gasteiger partial charge < -0.3 is 4.57 Å². The summed E-state index contributed by atoms with van der Waals surface area (Å²) >= 11 is 0. The number of rotatable bonds is 8. The zero-order valence-corrected chi connectivity index (χ0v) is 34.9. The van der Waals surface area contributed by atoms with E-state index in [9.17, 15) is 0 Å². The molecule has 0 atom stereocenters. The molecule has 0 N–H and O–H groups in total. The van der Waals surface area contributed by atoms with Crippen LogP contribution in [-0.2, 0) is 26.5 Å². The van der Waals surface area contributed by atoms with Crippen molar-refractivity contribution in [1.29, 1.82) is 0 Å². The Labute approximate surface area is 354 Å². The Morgan fingerprint density at radius 2 is 1.22 bits per heavy atom. The molecule has 0 aliphatic heterocycles. The maximum atomic E-state index is 5.02. The molecule has 4 nitrogen and oxygen atoms in total. The summed E-state index contributed by atoms with van der Waals surface area (Å²) in [5.74, 6) is 0.854. The summed E-state index contributed by atoms with van der Waals surface area (Å²) in [5, 5.41) is 2.29. The van der Waals surface area contributed by atoms with Crippen LogP contribution < -0.4 is 0 Å². The van der Waals surface area contributed by atoms with Gasteiger partial charge in [-0.1, -0.05) is 115 Å². The van der Waals surface area contributed by atoms with E-state index in [0.29, 0.717) is 6.04 Å². The van der Waals surface area contributed by atoms with Crippen molar-refractivity contribution in [2.24, 2.45) is 0 Å². The van der Waals surface area contributed by atoms with Crippen LogP contribution in [0.3, 0.4) is 0 Å². The van der Waals surface area contributed by atoms with E-state index in [-0.39, 0.29) is 21.1 Å². The summed E-state index contributed by atoms with van der Waals surface area (Å²) in [7, 11) is 0. The van der Waals surface area contributed by atoms with Gasteiger partial charge in [0.25, 0.3) is 0 Å². The second kappa shape index (κ2) is 15.2. The molecule has 0 amide bonds. The van der Waals surface area contributed by atoms with Crippen molar-refractivity contribution >= 4 is 32.8 Å². The molecule has 10 aromatic rings. The van der Waals surface area contributed by atoms with Crippen LogP contribution in [0, 0.1) is 19.1 Å². The number of imidazole rings is 1. The van der Waals surface area contributed by atoms with Crippen molar-refractivity contribution in [3.8, 4) is 22.6 Å². The largest absolute Gasteiger partial charge is 0.319 e. The van der Waals surface area contributed by atoms with Gasteiger partial charge in [0.15, 0.2) is 17.4 Å². The van der Waals surface area contributed by atoms with Gasteiger partial charge in [-0.3, -0.25) is 0 Å². The van der Waals surface area contributed by atoms with Gasteiger partial charge in [-0.25, -0.2) is 14.1 Å². The first-order valence-electron chi connectivity index (χ1n) is 19.7. The van der Waals surface area contributed by atoms with Gasteiger partial charge in [-0.05, 0) is 84.3 Å². The predicted molar refractivity (Wildman–Crippen MR) is 234 cm³/mol. The minimum absolute atomic E-state index is 0. The second-order valence-corrected chi connectivity index (χ2v) is 15.1. The molecular formula is C53H41N4Pt-. The zero-order valence-electron chi connectivity index (χ0n) is 32.6. The van der Waals surface area contributed by atoms with Crippen LogP contribution in [0.25, 0.3) is 55.5 Å². The van der Waals surface area contributed by atoms with Crippen LogP contribution in [0.1, 0.15) is 47.7 Å². The maximum Gasteiger partial charge on any atom is 0.188 e. The first-order chi connectivity index (χ1) is 28.0. The van der Waals surface area contributed by atoms with Gasteiger partial charge in [-0.2, -0.15) is 30.3 Å². The standard InChI is InChI=1S/C53H41N4.Pt/c1-37(2)55-36-56(50-28-15-14-27-49(50)55)44-23-16-22-42(34-44)53(40-18-6-4-7-19-40,41-20-8-5-9-21-41)43-29-30-47-46-25-12-13-26-48(46)57(51(47)35-43)52-33-39(31-32-54-52)45-24-11-10-17-38(45)3;/h4-33,36-37H,1-3H3;/q-1;. The molecule has 0 bridgehead atoms. The molecule has 0 aliphatic carbocycles. The van der Waals surface area contributed by atoms with Gasteiger partial charge in [0.1, 0.15) is 5.82 Å². The van der Waals surface area contributed by atoms with Gasteiger partial charge in [0.05, 0.1) is 6.04 Å². The Morgan fingerprint density at radius 3 is 1.95 bits per heavy atom. The van der Waals surface area contributed by atoms with Crippen molar-refractivity contribution < 1.29 is 21.1 Å². The summed E-state index contributed by atoms with van der Waals surface area (Å²) in [6.45, 7) is 6.62. The van der Waals surface area contributed by atoms with E-state index in [1.807, 2.05) is 6.20 Å². The Hall–Kier alpha value is -6.35. The fourth-order valence-corrected chi connectivity index (χ4v) is 8.82. The molecule has 0 aliphatic rings. The average Bonchev–Trinajstić information content (AvgIpc) is 3.82. The molecule has 3 aromatic heterocycles. The topological polar surface area (TPSA) is 27.7 Å². The molecule has 284 valence electrons.